The van der Waals surface area contributed by atoms with Gasteiger partial charge in [0.05, 0.1) is 13.7 Å². The number of ether oxygens (including phenoxy) is 2. The number of carbonyl (C=O) groups is 1. The molecule has 0 aliphatic heterocycles. The highest BCUT2D eigenvalue weighted by Crippen LogP contribution is 2.21. The summed E-state index contributed by atoms with van der Waals surface area (Å²) in [6.07, 6.45) is 0. The fourth-order valence-corrected chi connectivity index (χ4v) is 1.97. The van der Waals surface area contributed by atoms with E-state index in [1.807, 2.05) is 6.07 Å². The third kappa shape index (κ3) is 4.51. The fourth-order valence-electron chi connectivity index (χ4n) is 1.97. The molecule has 5 heteroatoms. The quantitative estimate of drug-likeness (QED) is 0.792. The minimum Gasteiger partial charge on any atom is -0.496 e. The monoisotopic (exact) mass is 281 g/mol. The number of rotatable bonds is 8. The number of carboxylic acid groups (broad SMARTS) is 1. The van der Waals surface area contributed by atoms with Gasteiger partial charge in [-0.15, -0.1) is 0 Å². The number of methoxy groups -OCH3 is 2. The summed E-state index contributed by atoms with van der Waals surface area (Å²) in [7, 11) is 3.17. The fraction of sp³-hybridized carbons (Fsp3) is 0.533. The van der Waals surface area contributed by atoms with E-state index in [0.29, 0.717) is 18.4 Å². The van der Waals surface area contributed by atoms with E-state index in [2.05, 4.69) is 18.7 Å². The Hall–Kier alpha value is -1.59. The summed E-state index contributed by atoms with van der Waals surface area (Å²) >= 11 is 0. The minimum absolute atomic E-state index is 0.184. The van der Waals surface area contributed by atoms with E-state index in [1.54, 1.807) is 19.2 Å². The molecule has 0 heterocycles. The zero-order chi connectivity index (χ0) is 15.1. The van der Waals surface area contributed by atoms with Crippen LogP contribution >= 0.6 is 0 Å². The summed E-state index contributed by atoms with van der Waals surface area (Å²) in [5, 5.41) is 9.07. The maximum absolute atomic E-state index is 11.1. The van der Waals surface area contributed by atoms with Crippen LogP contribution in [0.5, 0.6) is 5.75 Å². The molecule has 1 rings (SSSR count). The van der Waals surface area contributed by atoms with Gasteiger partial charge >= 0.3 is 5.97 Å². The summed E-state index contributed by atoms with van der Waals surface area (Å²) in [6.45, 7) is 6.48. The number of nitrogens with zero attached hydrogens (tertiary/aromatic N) is 1. The highest BCUT2D eigenvalue weighted by Gasteiger charge is 2.14. The Morgan fingerprint density at radius 1 is 1.35 bits per heavy atom. The van der Waals surface area contributed by atoms with Crippen molar-refractivity contribution in [2.75, 3.05) is 27.4 Å². The lowest BCUT2D eigenvalue weighted by atomic mass is 10.1. The van der Waals surface area contributed by atoms with Crippen LogP contribution in [0.3, 0.4) is 0 Å². The van der Waals surface area contributed by atoms with Crippen molar-refractivity contribution < 1.29 is 19.4 Å². The van der Waals surface area contributed by atoms with Crippen molar-refractivity contribution in [3.05, 3.63) is 29.3 Å². The van der Waals surface area contributed by atoms with Crippen LogP contribution in [0.1, 0.15) is 29.8 Å². The van der Waals surface area contributed by atoms with E-state index in [9.17, 15) is 4.79 Å². The Labute approximate surface area is 120 Å². The van der Waals surface area contributed by atoms with Gasteiger partial charge in [-0.05, 0) is 31.5 Å². The molecular weight excluding hydrogens is 258 g/mol. The molecule has 0 radical (unpaired) electrons. The van der Waals surface area contributed by atoms with Crippen LogP contribution in [0.25, 0.3) is 0 Å². The Kier molecular flexibility index (Phi) is 6.48. The Morgan fingerprint density at radius 2 is 2.05 bits per heavy atom. The van der Waals surface area contributed by atoms with Gasteiger partial charge in [0.25, 0.3) is 0 Å². The molecule has 1 aromatic carbocycles. The predicted molar refractivity (Wildman–Crippen MR) is 77.4 cm³/mol. The van der Waals surface area contributed by atoms with Gasteiger partial charge < -0.3 is 14.6 Å². The van der Waals surface area contributed by atoms with Crippen molar-refractivity contribution >= 4 is 5.97 Å². The Balaban J connectivity index is 2.87. The van der Waals surface area contributed by atoms with Crippen LogP contribution in [0.4, 0.5) is 0 Å². The van der Waals surface area contributed by atoms with Crippen molar-refractivity contribution in [3.8, 4) is 5.75 Å². The number of benzene rings is 1. The summed E-state index contributed by atoms with van der Waals surface area (Å²) in [5.41, 5.74) is 1.21. The second-order valence-corrected chi connectivity index (χ2v) is 4.90. The molecule has 0 atom stereocenters. The van der Waals surface area contributed by atoms with E-state index in [1.165, 1.54) is 7.11 Å². The average molecular weight is 281 g/mol. The van der Waals surface area contributed by atoms with Crippen molar-refractivity contribution in [1.82, 2.24) is 4.90 Å². The lowest BCUT2D eigenvalue weighted by Crippen LogP contribution is -2.33. The van der Waals surface area contributed by atoms with Crippen LogP contribution < -0.4 is 4.74 Å². The predicted octanol–water partition coefficient (Wildman–Crippen LogP) is 2.25. The summed E-state index contributed by atoms with van der Waals surface area (Å²) in [6, 6.07) is 5.58. The molecule has 0 bridgehead atoms. The summed E-state index contributed by atoms with van der Waals surface area (Å²) in [5.74, 6) is -0.584. The molecule has 0 aliphatic rings. The van der Waals surface area contributed by atoms with E-state index in [0.717, 1.165) is 18.7 Å². The molecule has 0 saturated carbocycles. The molecule has 20 heavy (non-hydrogen) atoms. The van der Waals surface area contributed by atoms with E-state index >= 15 is 0 Å². The molecule has 1 aromatic rings. The van der Waals surface area contributed by atoms with Crippen LogP contribution in [-0.4, -0.2) is 49.4 Å². The van der Waals surface area contributed by atoms with Gasteiger partial charge in [0, 0.05) is 26.2 Å². The zero-order valence-electron chi connectivity index (χ0n) is 12.5. The molecule has 0 saturated heterocycles. The highest BCUT2D eigenvalue weighted by atomic mass is 16.5. The van der Waals surface area contributed by atoms with E-state index < -0.39 is 5.97 Å². The zero-order valence-corrected chi connectivity index (χ0v) is 12.5. The first-order chi connectivity index (χ1) is 9.49. The third-order valence-electron chi connectivity index (χ3n) is 3.19. The van der Waals surface area contributed by atoms with E-state index in [4.69, 9.17) is 14.6 Å². The van der Waals surface area contributed by atoms with E-state index in [-0.39, 0.29) is 5.56 Å². The van der Waals surface area contributed by atoms with Crippen molar-refractivity contribution in [1.29, 1.82) is 0 Å². The van der Waals surface area contributed by atoms with Gasteiger partial charge in [-0.1, -0.05) is 6.07 Å². The third-order valence-corrected chi connectivity index (χ3v) is 3.19. The average Bonchev–Trinajstić information content (AvgIpc) is 2.42. The van der Waals surface area contributed by atoms with Gasteiger partial charge in [-0.3, -0.25) is 4.90 Å². The molecule has 0 aliphatic carbocycles. The standard InChI is InChI=1S/C15H23NO4/c1-11(2)16(7-8-19-3)10-12-5-6-13(15(17)18)14(9-12)20-4/h5-6,9,11H,7-8,10H2,1-4H3,(H,17,18). The van der Waals surface area contributed by atoms with Gasteiger partial charge in [-0.25, -0.2) is 4.79 Å². The highest BCUT2D eigenvalue weighted by molar-refractivity contribution is 5.90. The first-order valence-corrected chi connectivity index (χ1v) is 6.62. The number of hydrogen-bond acceptors (Lipinski definition) is 4. The lowest BCUT2D eigenvalue weighted by Gasteiger charge is -2.26. The number of hydrogen-bond donors (Lipinski definition) is 1. The van der Waals surface area contributed by atoms with Gasteiger partial charge in [-0.2, -0.15) is 0 Å². The van der Waals surface area contributed by atoms with Crippen molar-refractivity contribution in [2.45, 2.75) is 26.4 Å². The van der Waals surface area contributed by atoms with Crippen LogP contribution in [0.2, 0.25) is 0 Å². The summed E-state index contributed by atoms with van der Waals surface area (Å²) in [4.78, 5) is 13.3. The molecule has 1 N–H and O–H groups in total. The lowest BCUT2D eigenvalue weighted by molar-refractivity contribution is 0.0693. The first kappa shape index (κ1) is 16.5. The van der Waals surface area contributed by atoms with Gasteiger partial charge in [0.2, 0.25) is 0 Å². The molecule has 0 spiro atoms. The molecule has 0 fully saturated rings. The number of carboxylic acids is 1. The first-order valence-electron chi connectivity index (χ1n) is 6.62. The van der Waals surface area contributed by atoms with Crippen LogP contribution in [0.15, 0.2) is 18.2 Å². The smallest absolute Gasteiger partial charge is 0.339 e. The normalized spacial score (nSPS) is 11.1. The Morgan fingerprint density at radius 3 is 2.55 bits per heavy atom. The molecule has 0 unspecified atom stereocenters. The number of aromatic carboxylic acids is 1. The maximum Gasteiger partial charge on any atom is 0.339 e. The summed E-state index contributed by atoms with van der Waals surface area (Å²) < 4.78 is 10.3. The van der Waals surface area contributed by atoms with Crippen LogP contribution in [-0.2, 0) is 11.3 Å². The Bertz CT molecular complexity index is 445. The second-order valence-electron chi connectivity index (χ2n) is 4.90. The van der Waals surface area contributed by atoms with Gasteiger partial charge in [0.15, 0.2) is 0 Å². The van der Waals surface area contributed by atoms with Crippen molar-refractivity contribution in [2.24, 2.45) is 0 Å². The van der Waals surface area contributed by atoms with Gasteiger partial charge in [0.1, 0.15) is 11.3 Å². The molecular formula is C15H23NO4. The maximum atomic E-state index is 11.1. The molecule has 112 valence electrons. The second kappa shape index (κ2) is 7.87. The molecule has 0 amide bonds. The topological polar surface area (TPSA) is 59.0 Å². The van der Waals surface area contributed by atoms with Crippen LogP contribution in [0, 0.1) is 0 Å². The minimum atomic E-state index is -0.978. The largest absolute Gasteiger partial charge is 0.496 e. The van der Waals surface area contributed by atoms with Crippen molar-refractivity contribution in [3.63, 3.8) is 0 Å². The molecule has 0 aromatic heterocycles. The SMILES string of the molecule is COCCN(Cc1ccc(C(=O)O)c(OC)c1)C(C)C. The molecule has 5 nitrogen and oxygen atoms in total.